The fourth-order valence-corrected chi connectivity index (χ4v) is 3.55. The van der Waals surface area contributed by atoms with Crippen LogP contribution in [0.25, 0.3) is 11.4 Å². The number of fused-ring (bicyclic) bond motifs is 1. The zero-order valence-corrected chi connectivity index (χ0v) is 15.3. The van der Waals surface area contributed by atoms with Crippen LogP contribution in [0.2, 0.25) is 0 Å². The van der Waals surface area contributed by atoms with Crippen LogP contribution in [0.5, 0.6) is 0 Å². The number of aryl methyl sites for hydroxylation is 2. The van der Waals surface area contributed by atoms with E-state index >= 15 is 0 Å². The normalized spacial score (nSPS) is 19.1. The quantitative estimate of drug-likeness (QED) is 0.800. The van der Waals surface area contributed by atoms with Gasteiger partial charge in [-0.25, -0.2) is 4.79 Å². The molecule has 0 N–H and O–H groups in total. The van der Waals surface area contributed by atoms with E-state index in [0.717, 1.165) is 11.1 Å². The second kappa shape index (κ2) is 7.38. The SMILES string of the molecule is Cc1ccccc1-c1noc(CCCC(=O)N2CCN3C(=O)OC[C@@H]3C2)n1. The molecule has 3 heterocycles. The molecule has 2 aliphatic rings. The first-order valence-corrected chi connectivity index (χ1v) is 9.21. The molecule has 0 bridgehead atoms. The maximum absolute atomic E-state index is 12.4. The van der Waals surface area contributed by atoms with Crippen molar-refractivity contribution in [2.75, 3.05) is 26.2 Å². The highest BCUT2D eigenvalue weighted by Gasteiger charge is 2.38. The van der Waals surface area contributed by atoms with Crippen LogP contribution in [0.15, 0.2) is 28.8 Å². The molecule has 8 nitrogen and oxygen atoms in total. The average Bonchev–Trinajstić information content (AvgIpc) is 3.29. The number of hydrogen-bond acceptors (Lipinski definition) is 6. The number of hydrogen-bond donors (Lipinski definition) is 0. The number of amides is 2. The minimum atomic E-state index is -0.270. The summed E-state index contributed by atoms with van der Waals surface area (Å²) in [6.07, 6.45) is 1.36. The van der Waals surface area contributed by atoms with Crippen LogP contribution in [0.1, 0.15) is 24.3 Å². The zero-order valence-electron chi connectivity index (χ0n) is 15.3. The molecule has 2 fully saturated rings. The number of ether oxygens (including phenoxy) is 1. The van der Waals surface area contributed by atoms with Crippen molar-refractivity contribution in [3.63, 3.8) is 0 Å². The smallest absolute Gasteiger partial charge is 0.410 e. The summed E-state index contributed by atoms with van der Waals surface area (Å²) in [6.45, 7) is 4.02. The van der Waals surface area contributed by atoms with Crippen LogP contribution in [0.3, 0.4) is 0 Å². The number of carbonyl (C=O) groups excluding carboxylic acids is 2. The second-order valence-electron chi connectivity index (χ2n) is 6.94. The molecule has 1 atom stereocenters. The maximum atomic E-state index is 12.4. The molecule has 2 aliphatic heterocycles. The Morgan fingerprint density at radius 2 is 2.15 bits per heavy atom. The Bertz CT molecular complexity index is 850. The molecular formula is C19H22N4O4. The number of rotatable bonds is 5. The summed E-state index contributed by atoms with van der Waals surface area (Å²) in [5.41, 5.74) is 2.04. The molecule has 2 aromatic rings. The summed E-state index contributed by atoms with van der Waals surface area (Å²) >= 11 is 0. The standard InChI is InChI=1S/C19H22N4O4/c1-13-5-2-3-6-15(13)18-20-16(27-21-18)7-4-8-17(24)22-9-10-23-14(11-22)12-26-19(23)25/h2-3,5-6,14H,4,7-12H2,1H3/t14-/m0/s1. The van der Waals surface area contributed by atoms with Gasteiger partial charge in [0.25, 0.3) is 0 Å². The van der Waals surface area contributed by atoms with Crippen molar-refractivity contribution < 1.29 is 18.8 Å². The van der Waals surface area contributed by atoms with E-state index in [1.54, 1.807) is 4.90 Å². The molecule has 0 radical (unpaired) electrons. The van der Waals surface area contributed by atoms with E-state index in [1.165, 1.54) is 0 Å². The average molecular weight is 370 g/mol. The van der Waals surface area contributed by atoms with Gasteiger partial charge in [-0.2, -0.15) is 4.98 Å². The van der Waals surface area contributed by atoms with E-state index in [-0.39, 0.29) is 18.0 Å². The number of piperazine rings is 1. The van der Waals surface area contributed by atoms with Gasteiger partial charge in [0.2, 0.25) is 17.6 Å². The Hall–Kier alpha value is -2.90. The lowest BCUT2D eigenvalue weighted by atomic mass is 10.1. The summed E-state index contributed by atoms with van der Waals surface area (Å²) < 4.78 is 10.4. The van der Waals surface area contributed by atoms with E-state index in [9.17, 15) is 9.59 Å². The Morgan fingerprint density at radius 1 is 1.30 bits per heavy atom. The number of aromatic nitrogens is 2. The van der Waals surface area contributed by atoms with Crippen molar-refractivity contribution in [1.29, 1.82) is 0 Å². The molecule has 0 unspecified atom stereocenters. The van der Waals surface area contributed by atoms with Gasteiger partial charge < -0.3 is 14.2 Å². The van der Waals surface area contributed by atoms with Gasteiger partial charge in [0.05, 0.1) is 6.04 Å². The highest BCUT2D eigenvalue weighted by atomic mass is 16.6. The van der Waals surface area contributed by atoms with Crippen molar-refractivity contribution >= 4 is 12.0 Å². The lowest BCUT2D eigenvalue weighted by Gasteiger charge is -2.35. The number of nitrogens with zero attached hydrogens (tertiary/aromatic N) is 4. The summed E-state index contributed by atoms with van der Waals surface area (Å²) in [5.74, 6) is 1.21. The highest BCUT2D eigenvalue weighted by molar-refractivity contribution is 5.77. The van der Waals surface area contributed by atoms with Crippen molar-refractivity contribution in [1.82, 2.24) is 19.9 Å². The molecular weight excluding hydrogens is 348 g/mol. The Balaban J connectivity index is 1.27. The van der Waals surface area contributed by atoms with Gasteiger partial charge in [-0.05, 0) is 18.9 Å². The number of carbonyl (C=O) groups is 2. The van der Waals surface area contributed by atoms with Crippen molar-refractivity contribution in [3.8, 4) is 11.4 Å². The van der Waals surface area contributed by atoms with E-state index in [0.29, 0.717) is 57.2 Å². The molecule has 1 aromatic heterocycles. The lowest BCUT2D eigenvalue weighted by molar-refractivity contribution is -0.133. The predicted octanol–water partition coefficient (Wildman–Crippen LogP) is 2.03. The Morgan fingerprint density at radius 3 is 3.00 bits per heavy atom. The molecule has 0 aliphatic carbocycles. The summed E-state index contributed by atoms with van der Waals surface area (Å²) in [6, 6.07) is 7.87. The van der Waals surface area contributed by atoms with E-state index in [4.69, 9.17) is 9.26 Å². The molecule has 27 heavy (non-hydrogen) atoms. The monoisotopic (exact) mass is 370 g/mol. The molecule has 4 rings (SSSR count). The first kappa shape index (κ1) is 17.5. The Labute approximate surface area is 157 Å². The highest BCUT2D eigenvalue weighted by Crippen LogP contribution is 2.21. The van der Waals surface area contributed by atoms with E-state index in [1.807, 2.05) is 36.1 Å². The third-order valence-electron chi connectivity index (χ3n) is 5.10. The third-order valence-corrected chi connectivity index (χ3v) is 5.10. The van der Waals surface area contributed by atoms with Crippen LogP contribution in [0.4, 0.5) is 4.79 Å². The molecule has 2 amide bonds. The number of benzene rings is 1. The van der Waals surface area contributed by atoms with E-state index < -0.39 is 0 Å². The molecule has 0 spiro atoms. The van der Waals surface area contributed by atoms with Gasteiger partial charge >= 0.3 is 6.09 Å². The molecule has 142 valence electrons. The lowest BCUT2D eigenvalue weighted by Crippen LogP contribution is -2.53. The van der Waals surface area contributed by atoms with Crippen LogP contribution in [-0.2, 0) is 16.0 Å². The zero-order chi connectivity index (χ0) is 18.8. The van der Waals surface area contributed by atoms with Gasteiger partial charge in [-0.15, -0.1) is 0 Å². The van der Waals surface area contributed by atoms with Gasteiger partial charge in [0, 0.05) is 38.0 Å². The van der Waals surface area contributed by atoms with Gasteiger partial charge in [-0.1, -0.05) is 29.4 Å². The third kappa shape index (κ3) is 3.65. The van der Waals surface area contributed by atoms with Crippen molar-refractivity contribution in [2.24, 2.45) is 0 Å². The van der Waals surface area contributed by atoms with Gasteiger partial charge in [0.1, 0.15) is 6.61 Å². The van der Waals surface area contributed by atoms with Crippen molar-refractivity contribution in [3.05, 3.63) is 35.7 Å². The van der Waals surface area contributed by atoms with Gasteiger partial charge in [-0.3, -0.25) is 9.69 Å². The van der Waals surface area contributed by atoms with Crippen LogP contribution in [-0.4, -0.2) is 64.2 Å². The summed E-state index contributed by atoms with van der Waals surface area (Å²) in [5, 5.41) is 4.05. The first-order valence-electron chi connectivity index (χ1n) is 9.21. The number of cyclic esters (lactones) is 1. The van der Waals surface area contributed by atoms with Gasteiger partial charge in [0.15, 0.2) is 0 Å². The largest absolute Gasteiger partial charge is 0.447 e. The van der Waals surface area contributed by atoms with Crippen molar-refractivity contribution in [2.45, 2.75) is 32.2 Å². The molecule has 8 heteroatoms. The van der Waals surface area contributed by atoms with Crippen LogP contribution >= 0.6 is 0 Å². The topological polar surface area (TPSA) is 88.8 Å². The molecule has 0 saturated carbocycles. The minimum absolute atomic E-state index is 0.0113. The second-order valence-corrected chi connectivity index (χ2v) is 6.94. The summed E-state index contributed by atoms with van der Waals surface area (Å²) in [4.78, 5) is 31.9. The molecule has 2 saturated heterocycles. The summed E-state index contributed by atoms with van der Waals surface area (Å²) in [7, 11) is 0. The van der Waals surface area contributed by atoms with Crippen LogP contribution in [0, 0.1) is 6.92 Å². The minimum Gasteiger partial charge on any atom is -0.447 e. The fourth-order valence-electron chi connectivity index (χ4n) is 3.55. The first-order chi connectivity index (χ1) is 13.1. The van der Waals surface area contributed by atoms with Crippen LogP contribution < -0.4 is 0 Å². The maximum Gasteiger partial charge on any atom is 0.410 e. The fraction of sp³-hybridized carbons (Fsp3) is 0.474. The van der Waals surface area contributed by atoms with E-state index in [2.05, 4.69) is 10.1 Å². The predicted molar refractivity (Wildman–Crippen MR) is 95.8 cm³/mol. The molecule has 1 aromatic carbocycles. The Kier molecular flexibility index (Phi) is 4.79.